The van der Waals surface area contributed by atoms with E-state index in [4.69, 9.17) is 0 Å². The zero-order valence-electron chi connectivity index (χ0n) is 9.59. The molecule has 0 unspecified atom stereocenters. The van der Waals surface area contributed by atoms with Crippen LogP contribution in [0, 0.1) is 0 Å². The minimum Gasteiger partial charge on any atom is -0.504 e. The number of hydrogen-bond donors (Lipinski definition) is 4. The van der Waals surface area contributed by atoms with Gasteiger partial charge in [0.1, 0.15) is 0 Å². The Morgan fingerprint density at radius 3 is 2.05 bits per heavy atom. The number of hydrogen-bond acceptors (Lipinski definition) is 4. The highest BCUT2D eigenvalue weighted by Crippen LogP contribution is 2.35. The Morgan fingerprint density at radius 1 is 1.00 bits per heavy atom. The minimum atomic E-state index is -0.653. The molecule has 0 aliphatic rings. The van der Waals surface area contributed by atoms with E-state index >= 15 is 0 Å². The summed E-state index contributed by atoms with van der Waals surface area (Å²) in [6, 6.07) is 9.07. The Hall–Kier alpha value is -2.21. The van der Waals surface area contributed by atoms with Crippen molar-refractivity contribution in [1.82, 2.24) is 0 Å². The fraction of sp³-hybridized carbons (Fsp3) is 0. The molecule has 19 heavy (non-hydrogen) atoms. The normalized spacial score (nSPS) is 10.2. The highest BCUT2D eigenvalue weighted by atomic mass is 79.9. The molecule has 0 spiro atoms. The summed E-state index contributed by atoms with van der Waals surface area (Å²) in [5.41, 5.74) is 0.607. The lowest BCUT2D eigenvalue weighted by atomic mass is 10.1. The zero-order chi connectivity index (χ0) is 14.0. The van der Waals surface area contributed by atoms with E-state index in [9.17, 15) is 20.1 Å². The number of rotatable bonds is 2. The van der Waals surface area contributed by atoms with Crippen LogP contribution in [0.4, 0.5) is 5.69 Å². The first-order valence-electron chi connectivity index (χ1n) is 5.29. The molecule has 0 bridgehead atoms. The van der Waals surface area contributed by atoms with Gasteiger partial charge in [-0.3, -0.25) is 4.79 Å². The molecule has 0 radical (unpaired) electrons. The van der Waals surface area contributed by atoms with Crippen molar-refractivity contribution in [2.24, 2.45) is 0 Å². The predicted octanol–water partition coefficient (Wildman–Crippen LogP) is 2.82. The van der Waals surface area contributed by atoms with E-state index in [0.29, 0.717) is 5.69 Å². The molecule has 0 fully saturated rings. The SMILES string of the molecule is O=C(Nc1ccc(Br)cc1)c1cc(O)c(O)c(O)c1. The van der Waals surface area contributed by atoms with E-state index in [1.54, 1.807) is 24.3 Å². The van der Waals surface area contributed by atoms with Crippen LogP contribution in [-0.2, 0) is 0 Å². The summed E-state index contributed by atoms with van der Waals surface area (Å²) in [5, 5.41) is 30.5. The van der Waals surface area contributed by atoms with Gasteiger partial charge in [0.05, 0.1) is 0 Å². The third-order valence-electron chi connectivity index (χ3n) is 2.43. The lowest BCUT2D eigenvalue weighted by molar-refractivity contribution is 0.102. The van der Waals surface area contributed by atoms with Gasteiger partial charge < -0.3 is 20.6 Å². The molecule has 0 saturated heterocycles. The Labute approximate surface area is 117 Å². The van der Waals surface area contributed by atoms with Gasteiger partial charge in [-0.15, -0.1) is 0 Å². The summed E-state index contributed by atoms with van der Waals surface area (Å²) in [7, 11) is 0. The predicted molar refractivity (Wildman–Crippen MR) is 73.5 cm³/mol. The standard InChI is InChI=1S/C13H10BrNO4/c14-8-1-3-9(4-2-8)15-13(19)7-5-10(16)12(18)11(17)6-7/h1-6,16-18H,(H,15,19). The Kier molecular flexibility index (Phi) is 3.62. The van der Waals surface area contributed by atoms with Gasteiger partial charge in [-0.1, -0.05) is 15.9 Å². The molecule has 0 aliphatic heterocycles. The number of carbonyl (C=O) groups is 1. The van der Waals surface area contributed by atoms with Crippen LogP contribution in [-0.4, -0.2) is 21.2 Å². The van der Waals surface area contributed by atoms with Crippen molar-refractivity contribution in [1.29, 1.82) is 0 Å². The molecule has 0 aromatic heterocycles. The zero-order valence-corrected chi connectivity index (χ0v) is 11.2. The number of benzene rings is 2. The Morgan fingerprint density at radius 2 is 1.53 bits per heavy atom. The number of carbonyl (C=O) groups excluding carboxylic acids is 1. The summed E-state index contributed by atoms with van der Waals surface area (Å²) < 4.78 is 0.880. The van der Waals surface area contributed by atoms with Gasteiger partial charge >= 0.3 is 0 Å². The van der Waals surface area contributed by atoms with Gasteiger partial charge in [-0.25, -0.2) is 0 Å². The van der Waals surface area contributed by atoms with Crippen LogP contribution in [0.25, 0.3) is 0 Å². The topological polar surface area (TPSA) is 89.8 Å². The van der Waals surface area contributed by atoms with Crippen molar-refractivity contribution in [3.8, 4) is 17.2 Å². The quantitative estimate of drug-likeness (QED) is 0.640. The van der Waals surface area contributed by atoms with E-state index in [1.807, 2.05) is 0 Å². The van der Waals surface area contributed by atoms with Crippen LogP contribution in [0.1, 0.15) is 10.4 Å². The molecule has 2 rings (SSSR count). The van der Waals surface area contributed by atoms with Crippen LogP contribution in [0.3, 0.4) is 0 Å². The maximum atomic E-state index is 11.9. The van der Waals surface area contributed by atoms with Crippen LogP contribution in [0.15, 0.2) is 40.9 Å². The van der Waals surface area contributed by atoms with Gasteiger partial charge in [-0.05, 0) is 36.4 Å². The number of anilines is 1. The highest BCUT2D eigenvalue weighted by Gasteiger charge is 2.13. The summed E-state index contributed by atoms with van der Waals surface area (Å²) >= 11 is 3.28. The van der Waals surface area contributed by atoms with Gasteiger partial charge in [0.15, 0.2) is 17.2 Å². The van der Waals surface area contributed by atoms with Crippen LogP contribution < -0.4 is 5.32 Å². The largest absolute Gasteiger partial charge is 0.504 e. The molecule has 0 saturated carbocycles. The van der Waals surface area contributed by atoms with Crippen LogP contribution in [0.5, 0.6) is 17.2 Å². The number of halogens is 1. The summed E-state index contributed by atoms with van der Waals surface area (Å²) in [4.78, 5) is 11.9. The molecule has 0 aliphatic carbocycles. The molecular formula is C13H10BrNO4. The van der Waals surface area contributed by atoms with E-state index in [-0.39, 0.29) is 5.56 Å². The molecule has 98 valence electrons. The molecule has 1 amide bonds. The fourth-order valence-electron chi connectivity index (χ4n) is 1.47. The first kappa shape index (κ1) is 13.2. The molecule has 5 nitrogen and oxygen atoms in total. The fourth-order valence-corrected chi connectivity index (χ4v) is 1.74. The van der Waals surface area contributed by atoms with Gasteiger partial charge in [0, 0.05) is 15.7 Å². The number of phenols is 3. The average molecular weight is 324 g/mol. The van der Waals surface area contributed by atoms with Crippen LogP contribution >= 0.6 is 15.9 Å². The molecule has 0 heterocycles. The summed E-state index contributed by atoms with van der Waals surface area (Å²) in [6.07, 6.45) is 0. The second-order valence-electron chi connectivity index (χ2n) is 3.82. The Bertz CT molecular complexity index is 602. The second kappa shape index (κ2) is 5.19. The van der Waals surface area contributed by atoms with Crippen molar-refractivity contribution in [3.63, 3.8) is 0 Å². The second-order valence-corrected chi connectivity index (χ2v) is 4.74. The third-order valence-corrected chi connectivity index (χ3v) is 2.96. The minimum absolute atomic E-state index is 0.0377. The van der Waals surface area contributed by atoms with Gasteiger partial charge in [0.25, 0.3) is 5.91 Å². The van der Waals surface area contributed by atoms with Crippen molar-refractivity contribution in [2.45, 2.75) is 0 Å². The van der Waals surface area contributed by atoms with Crippen molar-refractivity contribution >= 4 is 27.5 Å². The molecule has 0 atom stereocenters. The van der Waals surface area contributed by atoms with E-state index in [2.05, 4.69) is 21.2 Å². The van der Waals surface area contributed by atoms with Gasteiger partial charge in [-0.2, -0.15) is 0 Å². The van der Waals surface area contributed by atoms with Crippen molar-refractivity contribution < 1.29 is 20.1 Å². The number of phenolic OH excluding ortho intramolecular Hbond substituents is 3. The van der Waals surface area contributed by atoms with E-state index in [0.717, 1.165) is 16.6 Å². The number of aromatic hydroxyl groups is 3. The van der Waals surface area contributed by atoms with Gasteiger partial charge in [0.2, 0.25) is 0 Å². The molecule has 2 aromatic carbocycles. The lowest BCUT2D eigenvalue weighted by Crippen LogP contribution is -2.11. The summed E-state index contributed by atoms with van der Waals surface area (Å²) in [5.74, 6) is -2.27. The molecular weight excluding hydrogens is 314 g/mol. The Balaban J connectivity index is 2.23. The number of amides is 1. The summed E-state index contributed by atoms with van der Waals surface area (Å²) in [6.45, 7) is 0. The van der Waals surface area contributed by atoms with E-state index < -0.39 is 23.2 Å². The lowest BCUT2D eigenvalue weighted by Gasteiger charge is -2.07. The molecule has 4 N–H and O–H groups in total. The number of nitrogens with one attached hydrogen (secondary N) is 1. The smallest absolute Gasteiger partial charge is 0.255 e. The first-order valence-corrected chi connectivity index (χ1v) is 6.08. The van der Waals surface area contributed by atoms with Crippen molar-refractivity contribution in [3.05, 3.63) is 46.4 Å². The van der Waals surface area contributed by atoms with Crippen molar-refractivity contribution in [2.75, 3.05) is 5.32 Å². The molecule has 2 aromatic rings. The van der Waals surface area contributed by atoms with E-state index in [1.165, 1.54) is 0 Å². The maximum Gasteiger partial charge on any atom is 0.255 e. The van der Waals surface area contributed by atoms with Crippen LogP contribution in [0.2, 0.25) is 0 Å². The first-order chi connectivity index (χ1) is 8.97. The molecule has 6 heteroatoms. The highest BCUT2D eigenvalue weighted by molar-refractivity contribution is 9.10. The maximum absolute atomic E-state index is 11.9. The average Bonchev–Trinajstić information content (AvgIpc) is 2.38. The monoisotopic (exact) mass is 323 g/mol. The third kappa shape index (κ3) is 2.97.